The van der Waals surface area contributed by atoms with Gasteiger partial charge in [-0.15, -0.1) is 0 Å². The van der Waals surface area contributed by atoms with Crippen molar-refractivity contribution in [3.8, 4) is 0 Å². The quantitative estimate of drug-likeness (QED) is 0.569. The van der Waals surface area contributed by atoms with Crippen molar-refractivity contribution >= 4 is 0 Å². The molecule has 0 spiro atoms. The van der Waals surface area contributed by atoms with Gasteiger partial charge in [-0.1, -0.05) is 65.7 Å². The summed E-state index contributed by atoms with van der Waals surface area (Å²) in [6.45, 7) is 7.40. The highest BCUT2D eigenvalue weighted by Crippen LogP contribution is 2.08. The van der Waals surface area contributed by atoms with Crippen molar-refractivity contribution in [1.29, 1.82) is 0 Å². The second-order valence-corrected chi connectivity index (χ2v) is 5.10. The summed E-state index contributed by atoms with van der Waals surface area (Å²) < 4.78 is 0. The lowest BCUT2D eigenvalue weighted by Crippen LogP contribution is -1.88. The maximum Gasteiger partial charge on any atom is 0.0431 e. The third-order valence-electron chi connectivity index (χ3n) is 2.70. The number of aliphatic hydroxyl groups excluding tert-OH is 2. The van der Waals surface area contributed by atoms with Gasteiger partial charge in [-0.2, -0.15) is 0 Å². The summed E-state index contributed by atoms with van der Waals surface area (Å²) in [4.78, 5) is 0. The molecule has 0 rings (SSSR count). The van der Waals surface area contributed by atoms with Gasteiger partial charge >= 0.3 is 0 Å². The van der Waals surface area contributed by atoms with E-state index in [1.807, 2.05) is 0 Å². The molecule has 0 aromatic rings. The molecule has 0 aliphatic carbocycles. The van der Waals surface area contributed by atoms with Gasteiger partial charge in [-0.05, 0) is 18.8 Å². The molecule has 0 aliphatic heterocycles. The molecule has 0 saturated carbocycles. The molecular formula is C15H34O2. The predicted octanol–water partition coefficient (Wildman–Crippen LogP) is 4.14. The average molecular weight is 246 g/mol. The van der Waals surface area contributed by atoms with Crippen LogP contribution < -0.4 is 0 Å². The van der Waals surface area contributed by atoms with E-state index in [0.29, 0.717) is 13.2 Å². The van der Waals surface area contributed by atoms with Crippen LogP contribution in [-0.4, -0.2) is 23.4 Å². The van der Waals surface area contributed by atoms with Crippen LogP contribution in [0.1, 0.15) is 78.6 Å². The Morgan fingerprint density at radius 1 is 0.706 bits per heavy atom. The summed E-state index contributed by atoms with van der Waals surface area (Å²) in [6, 6.07) is 0. The third-order valence-corrected chi connectivity index (χ3v) is 2.70. The zero-order valence-electron chi connectivity index (χ0n) is 12.2. The van der Waals surface area contributed by atoms with Gasteiger partial charge in [0.25, 0.3) is 0 Å². The van der Waals surface area contributed by atoms with Gasteiger partial charge in [0.1, 0.15) is 0 Å². The summed E-state index contributed by atoms with van der Waals surface area (Å²) in [6.07, 6.45) is 10.8. The highest BCUT2D eigenvalue weighted by molar-refractivity contribution is 4.47. The summed E-state index contributed by atoms with van der Waals surface area (Å²) >= 11 is 0. The van der Waals surface area contributed by atoms with Gasteiger partial charge in [0, 0.05) is 13.2 Å². The van der Waals surface area contributed by atoms with Gasteiger partial charge in [-0.3, -0.25) is 0 Å². The molecule has 17 heavy (non-hydrogen) atoms. The van der Waals surface area contributed by atoms with Crippen molar-refractivity contribution in [2.24, 2.45) is 5.92 Å². The molecule has 0 unspecified atom stereocenters. The Morgan fingerprint density at radius 3 is 1.59 bits per heavy atom. The smallest absolute Gasteiger partial charge is 0.0431 e. The average Bonchev–Trinajstić information content (AvgIpc) is 2.30. The number of aliphatic hydroxyl groups is 2. The Bertz CT molecular complexity index is 109. The van der Waals surface area contributed by atoms with Crippen LogP contribution in [0.25, 0.3) is 0 Å². The van der Waals surface area contributed by atoms with Crippen LogP contribution in [0.3, 0.4) is 0 Å². The molecule has 0 aliphatic rings. The van der Waals surface area contributed by atoms with Gasteiger partial charge in [0.2, 0.25) is 0 Å². The van der Waals surface area contributed by atoms with Crippen molar-refractivity contribution in [2.75, 3.05) is 13.2 Å². The van der Waals surface area contributed by atoms with Crippen molar-refractivity contribution in [3.05, 3.63) is 0 Å². The Kier molecular flexibility index (Phi) is 20.7. The van der Waals surface area contributed by atoms with Crippen LogP contribution >= 0.6 is 0 Å². The SMILES string of the molecule is CC(C)CCCCCCO.CCCCCCO. The standard InChI is InChI=1S/C9H20O.C6H14O/c1-9(2)7-5-3-4-6-8-10;1-2-3-4-5-6-7/h9-10H,3-8H2,1-2H3;7H,2-6H2,1H3. The van der Waals surface area contributed by atoms with E-state index >= 15 is 0 Å². The van der Waals surface area contributed by atoms with E-state index in [1.54, 1.807) is 0 Å². The second-order valence-electron chi connectivity index (χ2n) is 5.10. The lowest BCUT2D eigenvalue weighted by molar-refractivity contribution is 0.282. The molecule has 0 aromatic heterocycles. The van der Waals surface area contributed by atoms with Crippen LogP contribution in [0.2, 0.25) is 0 Å². The zero-order chi connectivity index (χ0) is 13.4. The van der Waals surface area contributed by atoms with E-state index in [9.17, 15) is 0 Å². The Balaban J connectivity index is 0. The van der Waals surface area contributed by atoms with Crippen molar-refractivity contribution < 1.29 is 10.2 Å². The first kappa shape index (κ1) is 19.3. The van der Waals surface area contributed by atoms with Crippen molar-refractivity contribution in [2.45, 2.75) is 78.6 Å². The van der Waals surface area contributed by atoms with Gasteiger partial charge in [0.05, 0.1) is 0 Å². The van der Waals surface area contributed by atoms with Crippen LogP contribution in [0.4, 0.5) is 0 Å². The molecule has 0 atom stereocenters. The predicted molar refractivity (Wildman–Crippen MR) is 76.2 cm³/mol. The molecule has 0 heterocycles. The maximum absolute atomic E-state index is 8.47. The summed E-state index contributed by atoms with van der Waals surface area (Å²) in [7, 11) is 0. The van der Waals surface area contributed by atoms with Crippen LogP contribution in [0.15, 0.2) is 0 Å². The van der Waals surface area contributed by atoms with E-state index in [-0.39, 0.29) is 0 Å². The van der Waals surface area contributed by atoms with Gasteiger partial charge in [-0.25, -0.2) is 0 Å². The summed E-state index contributed by atoms with van der Waals surface area (Å²) in [5, 5.41) is 16.8. The Morgan fingerprint density at radius 2 is 1.18 bits per heavy atom. The molecule has 0 bridgehead atoms. The topological polar surface area (TPSA) is 40.5 Å². The van der Waals surface area contributed by atoms with E-state index in [1.165, 1.54) is 44.9 Å². The van der Waals surface area contributed by atoms with Crippen LogP contribution in [0, 0.1) is 5.92 Å². The first-order valence-corrected chi connectivity index (χ1v) is 7.40. The third kappa shape index (κ3) is 25.9. The fourth-order valence-electron chi connectivity index (χ4n) is 1.56. The minimum atomic E-state index is 0.361. The molecule has 2 nitrogen and oxygen atoms in total. The lowest BCUT2D eigenvalue weighted by atomic mass is 10.0. The normalized spacial score (nSPS) is 10.2. The number of rotatable bonds is 10. The highest BCUT2D eigenvalue weighted by Gasteiger charge is 1.93. The largest absolute Gasteiger partial charge is 0.396 e. The van der Waals surface area contributed by atoms with Gasteiger partial charge < -0.3 is 10.2 Å². The molecule has 2 N–H and O–H groups in total. The highest BCUT2D eigenvalue weighted by atomic mass is 16.3. The number of hydrogen-bond donors (Lipinski definition) is 2. The minimum Gasteiger partial charge on any atom is -0.396 e. The Hall–Kier alpha value is -0.0800. The lowest BCUT2D eigenvalue weighted by Gasteiger charge is -2.02. The van der Waals surface area contributed by atoms with Crippen LogP contribution in [0.5, 0.6) is 0 Å². The molecule has 0 fully saturated rings. The summed E-state index contributed by atoms with van der Waals surface area (Å²) in [5.74, 6) is 0.842. The van der Waals surface area contributed by atoms with E-state index in [0.717, 1.165) is 18.8 Å². The monoisotopic (exact) mass is 246 g/mol. The number of unbranched alkanes of at least 4 members (excludes halogenated alkanes) is 6. The van der Waals surface area contributed by atoms with E-state index in [2.05, 4.69) is 20.8 Å². The fourth-order valence-corrected chi connectivity index (χ4v) is 1.56. The van der Waals surface area contributed by atoms with E-state index in [4.69, 9.17) is 10.2 Å². The molecule has 0 radical (unpaired) electrons. The first-order valence-electron chi connectivity index (χ1n) is 7.40. The zero-order valence-corrected chi connectivity index (χ0v) is 12.2. The molecule has 2 heteroatoms. The van der Waals surface area contributed by atoms with Crippen molar-refractivity contribution in [1.82, 2.24) is 0 Å². The van der Waals surface area contributed by atoms with Gasteiger partial charge in [0.15, 0.2) is 0 Å². The summed E-state index contributed by atoms with van der Waals surface area (Å²) in [5.41, 5.74) is 0. The maximum atomic E-state index is 8.47. The second kappa shape index (κ2) is 18.3. The van der Waals surface area contributed by atoms with E-state index < -0.39 is 0 Å². The first-order chi connectivity index (χ1) is 8.18. The fraction of sp³-hybridized carbons (Fsp3) is 1.00. The molecule has 0 saturated heterocycles. The molecule has 0 amide bonds. The molecule has 106 valence electrons. The van der Waals surface area contributed by atoms with Crippen molar-refractivity contribution in [3.63, 3.8) is 0 Å². The van der Waals surface area contributed by atoms with Crippen LogP contribution in [-0.2, 0) is 0 Å². The molecule has 0 aromatic carbocycles. The molecular weight excluding hydrogens is 212 g/mol. The minimum absolute atomic E-state index is 0.361. The Labute approximate surface area is 108 Å². The number of hydrogen-bond acceptors (Lipinski definition) is 2.